The Labute approximate surface area is 75.9 Å². The SMILES string of the molecule is CCCC(F)(F)CCSC(C)=O. The van der Waals surface area contributed by atoms with Crippen molar-refractivity contribution < 1.29 is 13.6 Å². The van der Waals surface area contributed by atoms with Crippen molar-refractivity contribution in [3.63, 3.8) is 0 Å². The minimum Gasteiger partial charge on any atom is -0.288 e. The average molecular weight is 196 g/mol. The average Bonchev–Trinajstić information content (AvgIpc) is 1.85. The van der Waals surface area contributed by atoms with Crippen LogP contribution in [-0.2, 0) is 4.79 Å². The first-order chi connectivity index (χ1) is 5.48. The van der Waals surface area contributed by atoms with E-state index in [4.69, 9.17) is 0 Å². The molecule has 0 saturated heterocycles. The van der Waals surface area contributed by atoms with Gasteiger partial charge in [0.05, 0.1) is 0 Å². The van der Waals surface area contributed by atoms with E-state index >= 15 is 0 Å². The molecule has 0 spiro atoms. The van der Waals surface area contributed by atoms with E-state index < -0.39 is 5.92 Å². The monoisotopic (exact) mass is 196 g/mol. The van der Waals surface area contributed by atoms with Crippen LogP contribution in [0, 0.1) is 0 Å². The molecule has 0 aromatic rings. The van der Waals surface area contributed by atoms with E-state index in [-0.39, 0.29) is 23.7 Å². The van der Waals surface area contributed by atoms with Crippen LogP contribution in [0.3, 0.4) is 0 Å². The van der Waals surface area contributed by atoms with Gasteiger partial charge in [0.25, 0.3) is 0 Å². The number of hydrogen-bond donors (Lipinski definition) is 0. The van der Waals surface area contributed by atoms with E-state index in [0.717, 1.165) is 11.8 Å². The first-order valence-corrected chi connectivity index (χ1v) is 4.97. The van der Waals surface area contributed by atoms with Crippen LogP contribution in [0.15, 0.2) is 0 Å². The number of alkyl halides is 2. The van der Waals surface area contributed by atoms with Crippen LogP contribution in [0.1, 0.15) is 33.1 Å². The summed E-state index contributed by atoms with van der Waals surface area (Å²) in [5.41, 5.74) is 0. The molecule has 12 heavy (non-hydrogen) atoms. The van der Waals surface area contributed by atoms with Crippen LogP contribution in [-0.4, -0.2) is 16.8 Å². The second kappa shape index (κ2) is 5.51. The van der Waals surface area contributed by atoms with E-state index in [1.165, 1.54) is 6.92 Å². The molecule has 0 N–H and O–H groups in total. The van der Waals surface area contributed by atoms with E-state index in [0.29, 0.717) is 6.42 Å². The van der Waals surface area contributed by atoms with Gasteiger partial charge in [0.15, 0.2) is 5.12 Å². The Morgan fingerprint density at radius 3 is 2.42 bits per heavy atom. The highest BCUT2D eigenvalue weighted by atomic mass is 32.2. The van der Waals surface area contributed by atoms with Crippen LogP contribution in [0.25, 0.3) is 0 Å². The third kappa shape index (κ3) is 6.58. The van der Waals surface area contributed by atoms with E-state index in [1.54, 1.807) is 6.92 Å². The largest absolute Gasteiger partial charge is 0.288 e. The minimum absolute atomic E-state index is 0.0779. The third-order valence-electron chi connectivity index (χ3n) is 1.39. The maximum atomic E-state index is 12.7. The topological polar surface area (TPSA) is 17.1 Å². The second-order valence-corrected chi connectivity index (χ2v) is 3.97. The molecule has 0 unspecified atom stereocenters. The van der Waals surface area contributed by atoms with Gasteiger partial charge in [-0.15, -0.1) is 0 Å². The first kappa shape index (κ1) is 11.9. The van der Waals surface area contributed by atoms with Crippen molar-refractivity contribution in [2.24, 2.45) is 0 Å². The molecular formula is C8H14F2OS. The van der Waals surface area contributed by atoms with Gasteiger partial charge in [-0.05, 0) is 0 Å². The molecule has 0 amide bonds. The lowest BCUT2D eigenvalue weighted by atomic mass is 10.1. The third-order valence-corrected chi connectivity index (χ3v) is 2.20. The van der Waals surface area contributed by atoms with Gasteiger partial charge in [-0.3, -0.25) is 4.79 Å². The van der Waals surface area contributed by atoms with Gasteiger partial charge < -0.3 is 0 Å². The van der Waals surface area contributed by atoms with Crippen LogP contribution >= 0.6 is 11.8 Å². The first-order valence-electron chi connectivity index (χ1n) is 3.99. The standard InChI is InChI=1S/C8H14F2OS/c1-3-4-8(9,10)5-6-12-7(2)11/h3-6H2,1-2H3. The van der Waals surface area contributed by atoms with Crippen LogP contribution in [0.2, 0.25) is 0 Å². The summed E-state index contributed by atoms with van der Waals surface area (Å²) in [6.45, 7) is 3.12. The van der Waals surface area contributed by atoms with Gasteiger partial charge in [0, 0.05) is 25.5 Å². The van der Waals surface area contributed by atoms with E-state index in [9.17, 15) is 13.6 Å². The fraction of sp³-hybridized carbons (Fsp3) is 0.875. The molecule has 0 bridgehead atoms. The zero-order valence-corrected chi connectivity index (χ0v) is 8.22. The van der Waals surface area contributed by atoms with Gasteiger partial charge in [-0.2, -0.15) is 0 Å². The van der Waals surface area contributed by atoms with Crippen molar-refractivity contribution >= 4 is 16.9 Å². The summed E-state index contributed by atoms with van der Waals surface area (Å²) in [5.74, 6) is -2.36. The number of carbonyl (C=O) groups is 1. The highest BCUT2D eigenvalue weighted by Gasteiger charge is 2.26. The molecule has 0 heterocycles. The lowest BCUT2D eigenvalue weighted by Gasteiger charge is -2.13. The van der Waals surface area contributed by atoms with Crippen LogP contribution in [0.4, 0.5) is 8.78 Å². The van der Waals surface area contributed by atoms with Crippen LogP contribution < -0.4 is 0 Å². The molecule has 1 nitrogen and oxygen atoms in total. The van der Waals surface area contributed by atoms with Gasteiger partial charge in [0.2, 0.25) is 5.92 Å². The summed E-state index contributed by atoms with van der Waals surface area (Å²) >= 11 is 0.965. The summed E-state index contributed by atoms with van der Waals surface area (Å²) in [6.07, 6.45) is 0.217. The fourth-order valence-corrected chi connectivity index (χ4v) is 1.52. The highest BCUT2D eigenvalue weighted by Crippen LogP contribution is 2.26. The maximum Gasteiger partial charge on any atom is 0.248 e. The normalized spacial score (nSPS) is 11.7. The Kier molecular flexibility index (Phi) is 5.46. The molecule has 0 fully saturated rings. The highest BCUT2D eigenvalue weighted by molar-refractivity contribution is 8.13. The molecule has 0 saturated carbocycles. The molecule has 0 aliphatic rings. The molecule has 0 radical (unpaired) electrons. The Morgan fingerprint density at radius 1 is 1.42 bits per heavy atom. The number of halogens is 2. The fourth-order valence-electron chi connectivity index (χ4n) is 0.835. The smallest absolute Gasteiger partial charge is 0.248 e. The Balaban J connectivity index is 3.53. The molecule has 0 rings (SSSR count). The predicted octanol–water partition coefficient (Wildman–Crippen LogP) is 3.09. The van der Waals surface area contributed by atoms with Gasteiger partial charge in [-0.25, -0.2) is 8.78 Å². The lowest BCUT2D eigenvalue weighted by Crippen LogP contribution is -2.16. The predicted molar refractivity (Wildman–Crippen MR) is 47.6 cm³/mol. The number of thioether (sulfide) groups is 1. The lowest BCUT2D eigenvalue weighted by molar-refractivity contribution is -0.109. The number of hydrogen-bond acceptors (Lipinski definition) is 2. The summed E-state index contributed by atoms with van der Waals surface area (Å²) in [7, 11) is 0. The van der Waals surface area contributed by atoms with Gasteiger partial charge >= 0.3 is 0 Å². The van der Waals surface area contributed by atoms with Crippen LogP contribution in [0.5, 0.6) is 0 Å². The maximum absolute atomic E-state index is 12.7. The van der Waals surface area contributed by atoms with Gasteiger partial charge in [0.1, 0.15) is 0 Å². The molecule has 0 aromatic carbocycles. The number of rotatable bonds is 5. The minimum atomic E-state index is -2.59. The molecular weight excluding hydrogens is 182 g/mol. The van der Waals surface area contributed by atoms with E-state index in [2.05, 4.69) is 0 Å². The van der Waals surface area contributed by atoms with Crippen molar-refractivity contribution in [1.82, 2.24) is 0 Å². The molecule has 0 atom stereocenters. The molecule has 4 heteroatoms. The number of carbonyl (C=O) groups excluding carboxylic acids is 1. The van der Waals surface area contributed by atoms with Crippen molar-refractivity contribution in [3.8, 4) is 0 Å². The summed E-state index contributed by atoms with van der Waals surface area (Å²) < 4.78 is 25.5. The summed E-state index contributed by atoms with van der Waals surface area (Å²) in [4.78, 5) is 10.4. The Bertz CT molecular complexity index is 148. The zero-order chi connectivity index (χ0) is 9.61. The van der Waals surface area contributed by atoms with Crippen molar-refractivity contribution in [3.05, 3.63) is 0 Å². The molecule has 0 aliphatic carbocycles. The summed E-state index contributed by atoms with van der Waals surface area (Å²) in [6, 6.07) is 0. The van der Waals surface area contributed by atoms with Crippen molar-refractivity contribution in [2.45, 2.75) is 39.0 Å². The Morgan fingerprint density at radius 2 is 2.00 bits per heavy atom. The van der Waals surface area contributed by atoms with E-state index in [1.807, 2.05) is 0 Å². The molecule has 0 aromatic heterocycles. The summed E-state index contributed by atoms with van der Waals surface area (Å²) in [5, 5.41) is -0.0951. The Hall–Kier alpha value is -0.120. The second-order valence-electron chi connectivity index (χ2n) is 2.70. The quantitative estimate of drug-likeness (QED) is 0.672. The molecule has 72 valence electrons. The molecule has 0 aliphatic heterocycles. The van der Waals surface area contributed by atoms with Crippen molar-refractivity contribution in [2.75, 3.05) is 5.75 Å². The van der Waals surface area contributed by atoms with Crippen molar-refractivity contribution in [1.29, 1.82) is 0 Å². The zero-order valence-electron chi connectivity index (χ0n) is 7.40. The van der Waals surface area contributed by atoms with Gasteiger partial charge in [-0.1, -0.05) is 25.1 Å².